The lowest BCUT2D eigenvalue weighted by Gasteiger charge is -2.11. The van der Waals surface area contributed by atoms with E-state index in [1.54, 1.807) is 0 Å². The van der Waals surface area contributed by atoms with E-state index in [1.165, 1.54) is 16.7 Å². The highest BCUT2D eigenvalue weighted by Crippen LogP contribution is 2.23. The first kappa shape index (κ1) is 12.0. The molecule has 0 unspecified atom stereocenters. The number of benzene rings is 1. The van der Waals surface area contributed by atoms with Crippen molar-refractivity contribution in [1.82, 2.24) is 0 Å². The summed E-state index contributed by atoms with van der Waals surface area (Å²) in [5.41, 5.74) is 9.05. The first-order chi connectivity index (χ1) is 7.00. The third-order valence-corrected chi connectivity index (χ3v) is 2.57. The predicted octanol–water partition coefficient (Wildman–Crippen LogP) is 2.67. The number of nitrogens with two attached hydrogens (primary N) is 1. The van der Waals surface area contributed by atoms with Crippen LogP contribution in [0.15, 0.2) is 12.1 Å². The van der Waals surface area contributed by atoms with Crippen LogP contribution in [0.25, 0.3) is 0 Å². The summed E-state index contributed by atoms with van der Waals surface area (Å²) in [4.78, 5) is 0.497. The standard InChI is InChI=1S/C12H17NOS/c1-8-6-9(2)10(3)11(7-8)14-5-4-12(13)15/h6-7H,4-5H2,1-3H3,(H2,13,15). The molecule has 0 radical (unpaired) electrons. The predicted molar refractivity (Wildman–Crippen MR) is 67.6 cm³/mol. The molecule has 0 amide bonds. The van der Waals surface area contributed by atoms with Crippen molar-refractivity contribution in [3.63, 3.8) is 0 Å². The summed E-state index contributed by atoms with van der Waals surface area (Å²) >= 11 is 4.79. The van der Waals surface area contributed by atoms with Gasteiger partial charge < -0.3 is 10.5 Å². The molecule has 2 N–H and O–H groups in total. The quantitative estimate of drug-likeness (QED) is 0.797. The molecule has 82 valence electrons. The molecule has 0 aliphatic rings. The second-order valence-electron chi connectivity index (χ2n) is 3.77. The van der Waals surface area contributed by atoms with Gasteiger partial charge in [-0.15, -0.1) is 0 Å². The maximum Gasteiger partial charge on any atom is 0.122 e. The molecule has 0 spiro atoms. The van der Waals surface area contributed by atoms with Gasteiger partial charge in [0.15, 0.2) is 0 Å². The number of hydrogen-bond donors (Lipinski definition) is 1. The lowest BCUT2D eigenvalue weighted by molar-refractivity contribution is 0.327. The molecule has 1 aromatic carbocycles. The van der Waals surface area contributed by atoms with E-state index in [1.807, 2.05) is 6.07 Å². The molecule has 0 aliphatic heterocycles. The lowest BCUT2D eigenvalue weighted by Crippen LogP contribution is -2.12. The Labute approximate surface area is 96.4 Å². The fourth-order valence-corrected chi connectivity index (χ4v) is 1.50. The van der Waals surface area contributed by atoms with Crippen LogP contribution in [-0.4, -0.2) is 11.6 Å². The van der Waals surface area contributed by atoms with Gasteiger partial charge in [0, 0.05) is 6.42 Å². The van der Waals surface area contributed by atoms with Crippen LogP contribution in [-0.2, 0) is 0 Å². The lowest BCUT2D eigenvalue weighted by atomic mass is 10.1. The van der Waals surface area contributed by atoms with Gasteiger partial charge in [0.05, 0.1) is 11.6 Å². The SMILES string of the molecule is Cc1cc(C)c(C)c(OCCC(N)=S)c1. The third kappa shape index (κ3) is 3.51. The zero-order valence-corrected chi connectivity index (χ0v) is 10.3. The van der Waals surface area contributed by atoms with E-state index in [2.05, 4.69) is 26.8 Å². The van der Waals surface area contributed by atoms with Crippen LogP contribution in [0.1, 0.15) is 23.1 Å². The van der Waals surface area contributed by atoms with Crippen molar-refractivity contribution in [2.24, 2.45) is 5.73 Å². The number of hydrogen-bond acceptors (Lipinski definition) is 2. The van der Waals surface area contributed by atoms with Gasteiger partial charge in [-0.2, -0.15) is 0 Å². The molecular formula is C12H17NOS. The third-order valence-electron chi connectivity index (χ3n) is 2.37. The molecule has 2 nitrogen and oxygen atoms in total. The Kier molecular flexibility index (Phi) is 4.09. The summed E-state index contributed by atoms with van der Waals surface area (Å²) in [5.74, 6) is 0.934. The van der Waals surface area contributed by atoms with E-state index in [0.29, 0.717) is 18.0 Å². The summed E-state index contributed by atoms with van der Waals surface area (Å²) in [5, 5.41) is 0. The molecule has 3 heteroatoms. The molecule has 0 aliphatic carbocycles. The van der Waals surface area contributed by atoms with Gasteiger partial charge in [-0.25, -0.2) is 0 Å². The highest BCUT2D eigenvalue weighted by molar-refractivity contribution is 7.80. The molecule has 0 bridgehead atoms. The molecule has 1 aromatic rings. The highest BCUT2D eigenvalue weighted by atomic mass is 32.1. The van der Waals surface area contributed by atoms with Crippen molar-refractivity contribution in [2.45, 2.75) is 27.2 Å². The Balaban J connectivity index is 2.72. The van der Waals surface area contributed by atoms with Crippen LogP contribution < -0.4 is 10.5 Å². The van der Waals surface area contributed by atoms with Gasteiger partial charge in [0.1, 0.15) is 5.75 Å². The van der Waals surface area contributed by atoms with E-state index in [0.717, 1.165) is 5.75 Å². The molecule has 0 saturated heterocycles. The second kappa shape index (κ2) is 5.12. The minimum absolute atomic E-state index is 0.497. The van der Waals surface area contributed by atoms with Crippen molar-refractivity contribution >= 4 is 17.2 Å². The van der Waals surface area contributed by atoms with E-state index < -0.39 is 0 Å². The highest BCUT2D eigenvalue weighted by Gasteiger charge is 2.03. The van der Waals surface area contributed by atoms with Gasteiger partial charge in [0.25, 0.3) is 0 Å². The Hall–Kier alpha value is -1.09. The normalized spacial score (nSPS) is 10.1. The molecular weight excluding hydrogens is 206 g/mol. The Morgan fingerprint density at radius 2 is 2.00 bits per heavy atom. The van der Waals surface area contributed by atoms with Crippen LogP contribution in [0.2, 0.25) is 0 Å². The van der Waals surface area contributed by atoms with Crippen molar-refractivity contribution in [2.75, 3.05) is 6.61 Å². The van der Waals surface area contributed by atoms with Gasteiger partial charge in [0.2, 0.25) is 0 Å². The summed E-state index contributed by atoms with van der Waals surface area (Å²) in [6.07, 6.45) is 0.627. The van der Waals surface area contributed by atoms with Gasteiger partial charge >= 0.3 is 0 Å². The maximum absolute atomic E-state index is 5.64. The topological polar surface area (TPSA) is 35.2 Å². The fraction of sp³-hybridized carbons (Fsp3) is 0.417. The minimum Gasteiger partial charge on any atom is -0.493 e. The molecule has 0 aromatic heterocycles. The van der Waals surface area contributed by atoms with Crippen LogP contribution in [0.3, 0.4) is 0 Å². The van der Waals surface area contributed by atoms with Crippen molar-refractivity contribution in [3.05, 3.63) is 28.8 Å². The number of thiocarbonyl (C=S) groups is 1. The summed E-state index contributed by atoms with van der Waals surface area (Å²) in [6.45, 7) is 6.76. The smallest absolute Gasteiger partial charge is 0.122 e. The zero-order valence-electron chi connectivity index (χ0n) is 9.46. The maximum atomic E-state index is 5.64. The summed E-state index contributed by atoms with van der Waals surface area (Å²) in [6, 6.07) is 4.19. The molecule has 0 saturated carbocycles. The monoisotopic (exact) mass is 223 g/mol. The molecule has 15 heavy (non-hydrogen) atoms. The Morgan fingerprint density at radius 3 is 2.60 bits per heavy atom. The first-order valence-electron chi connectivity index (χ1n) is 4.99. The Bertz CT molecular complexity index is 374. The Morgan fingerprint density at radius 1 is 1.33 bits per heavy atom. The van der Waals surface area contributed by atoms with Crippen molar-refractivity contribution in [1.29, 1.82) is 0 Å². The fourth-order valence-electron chi connectivity index (χ4n) is 1.41. The van der Waals surface area contributed by atoms with Gasteiger partial charge in [-0.05, 0) is 43.5 Å². The molecule has 0 fully saturated rings. The molecule has 0 atom stereocenters. The first-order valence-corrected chi connectivity index (χ1v) is 5.40. The van der Waals surface area contributed by atoms with E-state index in [-0.39, 0.29) is 0 Å². The average molecular weight is 223 g/mol. The minimum atomic E-state index is 0.497. The van der Waals surface area contributed by atoms with Crippen LogP contribution in [0, 0.1) is 20.8 Å². The van der Waals surface area contributed by atoms with Gasteiger partial charge in [-0.1, -0.05) is 18.3 Å². The van der Waals surface area contributed by atoms with Crippen molar-refractivity contribution < 1.29 is 4.74 Å². The van der Waals surface area contributed by atoms with E-state index >= 15 is 0 Å². The number of rotatable bonds is 4. The van der Waals surface area contributed by atoms with Crippen LogP contribution >= 0.6 is 12.2 Å². The molecule has 0 heterocycles. The molecule has 1 rings (SSSR count). The number of aryl methyl sites for hydroxylation is 2. The second-order valence-corrected chi connectivity index (χ2v) is 4.29. The van der Waals surface area contributed by atoms with Crippen LogP contribution in [0.5, 0.6) is 5.75 Å². The van der Waals surface area contributed by atoms with Gasteiger partial charge in [-0.3, -0.25) is 0 Å². The number of ether oxygens (including phenoxy) is 1. The average Bonchev–Trinajstić information content (AvgIpc) is 2.12. The van der Waals surface area contributed by atoms with E-state index in [9.17, 15) is 0 Å². The summed E-state index contributed by atoms with van der Waals surface area (Å²) in [7, 11) is 0. The van der Waals surface area contributed by atoms with E-state index in [4.69, 9.17) is 22.7 Å². The zero-order chi connectivity index (χ0) is 11.4. The van der Waals surface area contributed by atoms with Crippen molar-refractivity contribution in [3.8, 4) is 5.75 Å². The largest absolute Gasteiger partial charge is 0.493 e. The summed E-state index contributed by atoms with van der Waals surface area (Å²) < 4.78 is 5.64. The van der Waals surface area contributed by atoms with Crippen LogP contribution in [0.4, 0.5) is 0 Å².